The number of amides is 2. The average molecular weight is 377 g/mol. The van der Waals surface area contributed by atoms with E-state index in [2.05, 4.69) is 16.0 Å². The van der Waals surface area contributed by atoms with Crippen molar-refractivity contribution in [1.82, 2.24) is 5.32 Å². The number of carbonyl (C=O) groups is 2. The molecule has 27 heavy (non-hydrogen) atoms. The lowest BCUT2D eigenvalue weighted by Gasteiger charge is -2.12. The lowest BCUT2D eigenvalue weighted by atomic mass is 10.1. The van der Waals surface area contributed by atoms with E-state index in [1.165, 1.54) is 24.3 Å². The molecule has 0 saturated carbocycles. The van der Waals surface area contributed by atoms with Gasteiger partial charge >= 0.3 is 6.18 Å². The first kappa shape index (κ1) is 18.9. The van der Waals surface area contributed by atoms with Crippen LogP contribution in [-0.2, 0) is 11.0 Å². The number of benzene rings is 2. The molecule has 1 aliphatic rings. The number of hydrogen-bond donors (Lipinski definition) is 3. The number of anilines is 2. The van der Waals surface area contributed by atoms with Gasteiger partial charge in [-0.25, -0.2) is 0 Å². The molecule has 1 atom stereocenters. The first-order valence-corrected chi connectivity index (χ1v) is 8.43. The van der Waals surface area contributed by atoms with Gasteiger partial charge in [-0.2, -0.15) is 13.2 Å². The highest BCUT2D eigenvalue weighted by Crippen LogP contribution is 2.30. The van der Waals surface area contributed by atoms with Crippen LogP contribution in [0.4, 0.5) is 24.5 Å². The van der Waals surface area contributed by atoms with Crippen molar-refractivity contribution in [2.24, 2.45) is 5.92 Å². The van der Waals surface area contributed by atoms with Crippen LogP contribution in [-0.4, -0.2) is 24.9 Å². The van der Waals surface area contributed by atoms with E-state index < -0.39 is 17.6 Å². The SMILES string of the molecule is O=C(Nc1cccc(C(F)(F)F)c1)c1cccc(NC(=O)C2CCNC2)c1. The van der Waals surface area contributed by atoms with Crippen LogP contribution >= 0.6 is 0 Å². The molecule has 0 radical (unpaired) electrons. The fraction of sp³-hybridized carbons (Fsp3) is 0.263. The first-order valence-electron chi connectivity index (χ1n) is 8.43. The second-order valence-corrected chi connectivity index (χ2v) is 6.29. The van der Waals surface area contributed by atoms with Gasteiger partial charge in [-0.1, -0.05) is 12.1 Å². The molecule has 0 bridgehead atoms. The second kappa shape index (κ2) is 7.79. The summed E-state index contributed by atoms with van der Waals surface area (Å²) in [6.45, 7) is 1.40. The van der Waals surface area contributed by atoms with E-state index in [-0.39, 0.29) is 23.1 Å². The Labute approximate surface area is 154 Å². The summed E-state index contributed by atoms with van der Waals surface area (Å²) < 4.78 is 38.3. The van der Waals surface area contributed by atoms with E-state index in [4.69, 9.17) is 0 Å². The highest BCUT2D eigenvalue weighted by Gasteiger charge is 2.30. The van der Waals surface area contributed by atoms with E-state index in [1.54, 1.807) is 12.1 Å². The Morgan fingerprint density at radius 2 is 1.70 bits per heavy atom. The highest BCUT2D eigenvalue weighted by atomic mass is 19.4. The summed E-state index contributed by atoms with van der Waals surface area (Å²) >= 11 is 0. The van der Waals surface area contributed by atoms with Crippen molar-refractivity contribution in [2.45, 2.75) is 12.6 Å². The summed E-state index contributed by atoms with van der Waals surface area (Å²) in [6, 6.07) is 10.7. The Morgan fingerprint density at radius 1 is 1.00 bits per heavy atom. The van der Waals surface area contributed by atoms with E-state index in [0.29, 0.717) is 12.2 Å². The van der Waals surface area contributed by atoms with Gasteiger partial charge in [-0.15, -0.1) is 0 Å². The molecular formula is C19H18F3N3O2. The molecule has 1 fully saturated rings. The van der Waals surface area contributed by atoms with E-state index in [0.717, 1.165) is 25.1 Å². The molecule has 8 heteroatoms. The molecule has 3 N–H and O–H groups in total. The monoisotopic (exact) mass is 377 g/mol. The maximum absolute atomic E-state index is 12.8. The van der Waals surface area contributed by atoms with E-state index in [9.17, 15) is 22.8 Å². The molecule has 3 rings (SSSR count). The molecule has 0 spiro atoms. The summed E-state index contributed by atoms with van der Waals surface area (Å²) in [6.07, 6.45) is -3.73. The molecule has 1 heterocycles. The predicted molar refractivity (Wildman–Crippen MR) is 95.4 cm³/mol. The van der Waals surface area contributed by atoms with Gasteiger partial charge < -0.3 is 16.0 Å². The Morgan fingerprint density at radius 3 is 2.37 bits per heavy atom. The number of halogens is 3. The summed E-state index contributed by atoms with van der Waals surface area (Å²) in [4.78, 5) is 24.5. The fourth-order valence-corrected chi connectivity index (χ4v) is 2.84. The summed E-state index contributed by atoms with van der Waals surface area (Å²) in [5.74, 6) is -0.809. The number of hydrogen-bond acceptors (Lipinski definition) is 3. The quantitative estimate of drug-likeness (QED) is 0.764. The zero-order valence-corrected chi connectivity index (χ0v) is 14.3. The van der Waals surface area contributed by atoms with Gasteiger partial charge in [0.05, 0.1) is 11.5 Å². The fourth-order valence-electron chi connectivity index (χ4n) is 2.84. The second-order valence-electron chi connectivity index (χ2n) is 6.29. The predicted octanol–water partition coefficient (Wildman–Crippen LogP) is 3.51. The number of rotatable bonds is 4. The minimum absolute atomic E-state index is 0.0429. The Hall–Kier alpha value is -2.87. The molecule has 1 aliphatic heterocycles. The molecule has 0 aliphatic carbocycles. The summed E-state index contributed by atoms with van der Waals surface area (Å²) in [5.41, 5.74) is -0.105. The van der Waals surface area contributed by atoms with E-state index >= 15 is 0 Å². The van der Waals surface area contributed by atoms with Gasteiger partial charge in [0.25, 0.3) is 5.91 Å². The van der Waals surface area contributed by atoms with Gasteiger partial charge in [0.2, 0.25) is 5.91 Å². The standard InChI is InChI=1S/C19H18F3N3O2/c20-19(21,22)14-4-2-6-16(10-14)25-17(26)12-3-1-5-15(9-12)24-18(27)13-7-8-23-11-13/h1-6,9-10,13,23H,7-8,11H2,(H,24,27)(H,25,26). The topological polar surface area (TPSA) is 70.2 Å². The summed E-state index contributed by atoms with van der Waals surface area (Å²) in [5, 5.41) is 8.32. The largest absolute Gasteiger partial charge is 0.416 e. The van der Waals surface area contributed by atoms with Crippen LogP contribution < -0.4 is 16.0 Å². The minimum atomic E-state index is -4.49. The molecule has 2 aromatic carbocycles. The zero-order chi connectivity index (χ0) is 19.4. The molecule has 0 aromatic heterocycles. The van der Waals surface area contributed by atoms with Crippen molar-refractivity contribution in [1.29, 1.82) is 0 Å². The molecule has 5 nitrogen and oxygen atoms in total. The van der Waals surface area contributed by atoms with Crippen molar-refractivity contribution < 1.29 is 22.8 Å². The maximum atomic E-state index is 12.8. The van der Waals surface area contributed by atoms with Crippen LogP contribution in [0.25, 0.3) is 0 Å². The maximum Gasteiger partial charge on any atom is 0.416 e. The molecular weight excluding hydrogens is 359 g/mol. The number of nitrogens with one attached hydrogen (secondary N) is 3. The van der Waals surface area contributed by atoms with E-state index in [1.807, 2.05) is 0 Å². The van der Waals surface area contributed by atoms with Crippen LogP contribution in [0.2, 0.25) is 0 Å². The molecule has 142 valence electrons. The van der Waals surface area contributed by atoms with Gasteiger partial charge in [0.15, 0.2) is 0 Å². The Kier molecular flexibility index (Phi) is 5.46. The van der Waals surface area contributed by atoms with Crippen LogP contribution in [0.3, 0.4) is 0 Å². The minimum Gasteiger partial charge on any atom is -0.326 e. The van der Waals surface area contributed by atoms with Crippen molar-refractivity contribution in [3.63, 3.8) is 0 Å². The van der Waals surface area contributed by atoms with Crippen LogP contribution in [0.1, 0.15) is 22.3 Å². The lowest BCUT2D eigenvalue weighted by Crippen LogP contribution is -2.24. The van der Waals surface area contributed by atoms with Gasteiger partial charge in [0, 0.05) is 23.5 Å². The van der Waals surface area contributed by atoms with Crippen LogP contribution in [0.5, 0.6) is 0 Å². The Bertz CT molecular complexity index is 846. The first-order chi connectivity index (χ1) is 12.8. The average Bonchev–Trinajstić information content (AvgIpc) is 3.16. The third-order valence-electron chi connectivity index (χ3n) is 4.27. The highest BCUT2D eigenvalue weighted by molar-refractivity contribution is 6.05. The van der Waals surface area contributed by atoms with Crippen molar-refractivity contribution >= 4 is 23.2 Å². The third kappa shape index (κ3) is 4.85. The normalized spacial score (nSPS) is 16.8. The van der Waals surface area contributed by atoms with Gasteiger partial charge in [-0.05, 0) is 49.4 Å². The van der Waals surface area contributed by atoms with Crippen molar-refractivity contribution in [2.75, 3.05) is 23.7 Å². The smallest absolute Gasteiger partial charge is 0.326 e. The van der Waals surface area contributed by atoms with Crippen molar-refractivity contribution in [3.05, 3.63) is 59.7 Å². The van der Waals surface area contributed by atoms with Crippen LogP contribution in [0.15, 0.2) is 48.5 Å². The number of carbonyl (C=O) groups excluding carboxylic acids is 2. The summed E-state index contributed by atoms with van der Waals surface area (Å²) in [7, 11) is 0. The molecule has 2 amide bonds. The lowest BCUT2D eigenvalue weighted by molar-refractivity contribution is -0.137. The van der Waals surface area contributed by atoms with Crippen molar-refractivity contribution in [3.8, 4) is 0 Å². The van der Waals surface area contributed by atoms with Gasteiger partial charge in [-0.3, -0.25) is 9.59 Å². The Balaban J connectivity index is 1.69. The molecule has 2 aromatic rings. The number of alkyl halides is 3. The zero-order valence-electron chi connectivity index (χ0n) is 14.3. The van der Waals surface area contributed by atoms with Crippen LogP contribution in [0, 0.1) is 5.92 Å². The molecule has 1 unspecified atom stereocenters. The van der Waals surface area contributed by atoms with Gasteiger partial charge in [0.1, 0.15) is 0 Å². The third-order valence-corrected chi connectivity index (χ3v) is 4.27. The molecule has 1 saturated heterocycles.